The quantitative estimate of drug-likeness (QED) is 0.562. The number of nitrogens with zero attached hydrogens (tertiary/aromatic N) is 1. The van der Waals surface area contributed by atoms with E-state index in [2.05, 4.69) is 42.3 Å². The first-order chi connectivity index (χ1) is 11.1. The Labute approximate surface area is 150 Å². The van der Waals surface area contributed by atoms with Crippen LogP contribution in [-0.4, -0.2) is 17.5 Å². The summed E-state index contributed by atoms with van der Waals surface area (Å²) in [6.45, 7) is 0.149. The number of benzene rings is 2. The van der Waals surface area contributed by atoms with Crippen LogP contribution in [-0.2, 0) is 0 Å². The second-order valence-electron chi connectivity index (χ2n) is 4.87. The number of anilines is 1. The molecule has 1 heterocycles. The molecule has 6 heteroatoms. The fourth-order valence-corrected chi connectivity index (χ4v) is 2.55. The van der Waals surface area contributed by atoms with Crippen molar-refractivity contribution in [3.8, 4) is 11.3 Å². The molecule has 0 unspecified atom stereocenters. The number of nitrogens with one attached hydrogen (secondary N) is 1. The molecule has 3 aromatic rings. The van der Waals surface area contributed by atoms with Gasteiger partial charge in [-0.05, 0) is 24.3 Å². The van der Waals surface area contributed by atoms with Crippen molar-refractivity contribution in [3.05, 3.63) is 69.1 Å². The Kier molecular flexibility index (Phi) is 4.93. The second kappa shape index (κ2) is 7.10. The lowest BCUT2D eigenvalue weighted by atomic mass is 10.1. The Morgan fingerprint density at radius 1 is 1.00 bits per heavy atom. The third-order valence-electron chi connectivity index (χ3n) is 3.24. The SMILES string of the molecule is O=C(CNc1cc(-c2ccc(Br)cc2)no1)c1ccc(Br)cc1. The Balaban J connectivity index is 1.64. The maximum absolute atomic E-state index is 12.1. The van der Waals surface area contributed by atoms with Crippen LogP contribution >= 0.6 is 31.9 Å². The summed E-state index contributed by atoms with van der Waals surface area (Å²) in [5.41, 5.74) is 2.31. The fourth-order valence-electron chi connectivity index (χ4n) is 2.02. The van der Waals surface area contributed by atoms with Gasteiger partial charge in [-0.25, -0.2) is 0 Å². The highest BCUT2D eigenvalue weighted by Gasteiger charge is 2.09. The van der Waals surface area contributed by atoms with Crippen molar-refractivity contribution >= 4 is 43.5 Å². The molecular formula is C17H12Br2N2O2. The molecule has 1 aromatic heterocycles. The Hall–Kier alpha value is -1.92. The Bertz CT molecular complexity index is 811. The van der Waals surface area contributed by atoms with Crippen molar-refractivity contribution in [2.45, 2.75) is 0 Å². The van der Waals surface area contributed by atoms with E-state index >= 15 is 0 Å². The second-order valence-corrected chi connectivity index (χ2v) is 6.70. The largest absolute Gasteiger partial charge is 0.347 e. The van der Waals surface area contributed by atoms with Crippen LogP contribution in [0.3, 0.4) is 0 Å². The summed E-state index contributed by atoms with van der Waals surface area (Å²) in [5, 5.41) is 6.97. The van der Waals surface area contributed by atoms with Crippen LogP contribution in [0.4, 0.5) is 5.88 Å². The first-order valence-corrected chi connectivity index (χ1v) is 8.46. The number of ketones is 1. The number of carbonyl (C=O) groups is 1. The number of hydrogen-bond donors (Lipinski definition) is 1. The molecule has 0 saturated heterocycles. The van der Waals surface area contributed by atoms with Crippen molar-refractivity contribution in [1.82, 2.24) is 5.16 Å². The van der Waals surface area contributed by atoms with Crippen molar-refractivity contribution in [1.29, 1.82) is 0 Å². The average molecular weight is 436 g/mol. The van der Waals surface area contributed by atoms with Gasteiger partial charge in [-0.15, -0.1) is 0 Å². The molecule has 0 saturated carbocycles. The number of halogens is 2. The topological polar surface area (TPSA) is 55.1 Å². The lowest BCUT2D eigenvalue weighted by molar-refractivity contribution is 0.101. The van der Waals surface area contributed by atoms with Crippen LogP contribution in [0.25, 0.3) is 11.3 Å². The van der Waals surface area contributed by atoms with Gasteiger partial charge in [0.1, 0.15) is 5.69 Å². The van der Waals surface area contributed by atoms with Crippen LogP contribution in [0.2, 0.25) is 0 Å². The van der Waals surface area contributed by atoms with Gasteiger partial charge in [0.05, 0.1) is 6.54 Å². The smallest absolute Gasteiger partial charge is 0.225 e. The molecule has 23 heavy (non-hydrogen) atoms. The summed E-state index contributed by atoms with van der Waals surface area (Å²) < 4.78 is 7.17. The maximum atomic E-state index is 12.1. The van der Waals surface area contributed by atoms with E-state index in [0.717, 1.165) is 20.2 Å². The summed E-state index contributed by atoms with van der Waals surface area (Å²) in [6, 6.07) is 16.8. The highest BCUT2D eigenvalue weighted by Crippen LogP contribution is 2.23. The molecule has 0 aliphatic rings. The van der Waals surface area contributed by atoms with Gasteiger partial charge in [0, 0.05) is 26.1 Å². The van der Waals surface area contributed by atoms with Crippen LogP contribution in [0.5, 0.6) is 0 Å². The van der Waals surface area contributed by atoms with E-state index in [9.17, 15) is 4.79 Å². The van der Waals surface area contributed by atoms with E-state index in [1.165, 1.54) is 0 Å². The van der Waals surface area contributed by atoms with Crippen molar-refractivity contribution in [2.24, 2.45) is 0 Å². The van der Waals surface area contributed by atoms with Gasteiger partial charge in [-0.2, -0.15) is 0 Å². The summed E-state index contributed by atoms with van der Waals surface area (Å²) in [6.07, 6.45) is 0. The standard InChI is InChI=1S/C17H12Br2N2O2/c18-13-5-1-11(2-6-13)15-9-17(23-21-15)20-10-16(22)12-3-7-14(19)8-4-12/h1-9,20H,10H2. The number of rotatable bonds is 5. The van der Waals surface area contributed by atoms with Crippen LogP contribution in [0.1, 0.15) is 10.4 Å². The number of carbonyl (C=O) groups excluding carboxylic acids is 1. The average Bonchev–Trinajstić information content (AvgIpc) is 3.03. The van der Waals surface area contributed by atoms with Crippen molar-refractivity contribution in [2.75, 3.05) is 11.9 Å². The van der Waals surface area contributed by atoms with Gasteiger partial charge in [-0.1, -0.05) is 61.3 Å². The van der Waals surface area contributed by atoms with Gasteiger partial charge >= 0.3 is 0 Å². The minimum atomic E-state index is -0.0147. The zero-order valence-corrected chi connectivity index (χ0v) is 15.1. The minimum Gasteiger partial charge on any atom is -0.347 e. The van der Waals surface area contributed by atoms with Crippen LogP contribution in [0, 0.1) is 0 Å². The van der Waals surface area contributed by atoms with E-state index in [0.29, 0.717) is 11.4 Å². The predicted octanol–water partition coefficient (Wildman–Crippen LogP) is 5.16. The highest BCUT2D eigenvalue weighted by atomic mass is 79.9. The van der Waals surface area contributed by atoms with Crippen LogP contribution < -0.4 is 5.32 Å². The molecule has 0 bridgehead atoms. The van der Waals surface area contributed by atoms with Crippen LogP contribution in [0.15, 0.2) is 68.1 Å². The third kappa shape index (κ3) is 4.09. The zero-order chi connectivity index (χ0) is 16.2. The van der Waals surface area contributed by atoms with Crippen molar-refractivity contribution < 1.29 is 9.32 Å². The van der Waals surface area contributed by atoms with Gasteiger partial charge < -0.3 is 9.84 Å². The minimum absolute atomic E-state index is 0.0147. The number of hydrogen-bond acceptors (Lipinski definition) is 4. The molecule has 2 aromatic carbocycles. The van der Waals surface area contributed by atoms with Gasteiger partial charge in [0.15, 0.2) is 5.78 Å². The van der Waals surface area contributed by atoms with E-state index < -0.39 is 0 Å². The van der Waals surface area contributed by atoms with Gasteiger partial charge in [0.25, 0.3) is 0 Å². The lowest BCUT2D eigenvalue weighted by Crippen LogP contribution is -2.13. The Morgan fingerprint density at radius 3 is 2.26 bits per heavy atom. The number of Topliss-reactive ketones (excluding diaryl/α,β-unsaturated/α-hetero) is 1. The summed E-state index contributed by atoms with van der Waals surface area (Å²) in [4.78, 5) is 12.1. The number of aromatic nitrogens is 1. The van der Waals surface area contributed by atoms with E-state index in [1.807, 2.05) is 36.4 Å². The lowest BCUT2D eigenvalue weighted by Gasteiger charge is -2.02. The predicted molar refractivity (Wildman–Crippen MR) is 96.6 cm³/mol. The molecule has 0 fully saturated rings. The van der Waals surface area contributed by atoms with E-state index in [-0.39, 0.29) is 12.3 Å². The molecule has 0 amide bonds. The molecule has 0 spiro atoms. The monoisotopic (exact) mass is 434 g/mol. The van der Waals surface area contributed by atoms with Gasteiger partial charge in [0.2, 0.25) is 5.88 Å². The van der Waals surface area contributed by atoms with Gasteiger partial charge in [-0.3, -0.25) is 4.79 Å². The zero-order valence-electron chi connectivity index (χ0n) is 11.9. The normalized spacial score (nSPS) is 10.5. The highest BCUT2D eigenvalue weighted by molar-refractivity contribution is 9.10. The molecule has 0 atom stereocenters. The maximum Gasteiger partial charge on any atom is 0.225 e. The summed E-state index contributed by atoms with van der Waals surface area (Å²) in [5.74, 6) is 0.451. The fraction of sp³-hybridized carbons (Fsp3) is 0.0588. The summed E-state index contributed by atoms with van der Waals surface area (Å²) >= 11 is 6.74. The van der Waals surface area contributed by atoms with E-state index in [4.69, 9.17) is 4.52 Å². The molecule has 0 aliphatic carbocycles. The summed E-state index contributed by atoms with van der Waals surface area (Å²) in [7, 11) is 0. The first-order valence-electron chi connectivity index (χ1n) is 6.87. The Morgan fingerprint density at radius 2 is 1.61 bits per heavy atom. The molecule has 4 nitrogen and oxygen atoms in total. The molecule has 0 aliphatic heterocycles. The molecular weight excluding hydrogens is 424 g/mol. The molecule has 116 valence electrons. The van der Waals surface area contributed by atoms with E-state index in [1.54, 1.807) is 18.2 Å². The molecule has 0 radical (unpaired) electrons. The molecule has 3 rings (SSSR count). The third-order valence-corrected chi connectivity index (χ3v) is 4.30. The molecule has 1 N–H and O–H groups in total. The first kappa shape index (κ1) is 16.0. The van der Waals surface area contributed by atoms with Crippen molar-refractivity contribution in [3.63, 3.8) is 0 Å².